The summed E-state index contributed by atoms with van der Waals surface area (Å²) in [4.78, 5) is 27.6. The van der Waals surface area contributed by atoms with Gasteiger partial charge in [-0.05, 0) is 35.7 Å². The van der Waals surface area contributed by atoms with Crippen molar-refractivity contribution in [1.29, 1.82) is 0 Å². The molecule has 1 atom stereocenters. The van der Waals surface area contributed by atoms with Crippen molar-refractivity contribution in [3.05, 3.63) is 70.4 Å². The van der Waals surface area contributed by atoms with Crippen LogP contribution in [0.3, 0.4) is 0 Å². The fraction of sp³-hybridized carbons (Fsp3) is 0.238. The molecular weight excluding hydrogens is 378 g/mol. The standard InChI is InChI=1S/C21H21NO5S/c1-3-11-27-15-8-6-14(7-9-15)19(23)17-18(16-5-4-13-28-16)22(10-12-26-2)21(25)20(17)24/h3-9,13,18,23H,1,10-12H2,2H3/b19-17-. The molecule has 2 aromatic rings. The monoisotopic (exact) mass is 399 g/mol. The van der Waals surface area contributed by atoms with Gasteiger partial charge in [-0.15, -0.1) is 11.3 Å². The Morgan fingerprint density at radius 1 is 1.29 bits per heavy atom. The van der Waals surface area contributed by atoms with E-state index in [0.29, 0.717) is 24.5 Å². The number of ketones is 1. The Morgan fingerprint density at radius 2 is 2.04 bits per heavy atom. The van der Waals surface area contributed by atoms with E-state index in [1.54, 1.807) is 30.3 Å². The highest BCUT2D eigenvalue weighted by atomic mass is 32.1. The van der Waals surface area contributed by atoms with Crippen molar-refractivity contribution in [1.82, 2.24) is 4.90 Å². The number of Topliss-reactive ketones (excluding diaryl/α,β-unsaturated/α-hetero) is 1. The smallest absolute Gasteiger partial charge is 0.295 e. The van der Waals surface area contributed by atoms with Gasteiger partial charge in [0, 0.05) is 24.1 Å². The molecular formula is C21H21NO5S. The molecule has 0 spiro atoms. The molecule has 1 saturated heterocycles. The van der Waals surface area contributed by atoms with Crippen molar-refractivity contribution >= 4 is 28.8 Å². The van der Waals surface area contributed by atoms with Crippen LogP contribution in [0.15, 0.2) is 60.0 Å². The first-order valence-corrected chi connectivity index (χ1v) is 9.61. The van der Waals surface area contributed by atoms with Crippen molar-refractivity contribution in [3.8, 4) is 5.75 Å². The summed E-state index contributed by atoms with van der Waals surface area (Å²) in [5, 5.41) is 12.8. The second kappa shape index (κ2) is 8.86. The van der Waals surface area contributed by atoms with Crippen molar-refractivity contribution in [3.63, 3.8) is 0 Å². The lowest BCUT2D eigenvalue weighted by Gasteiger charge is -2.23. The third kappa shape index (κ3) is 3.85. The van der Waals surface area contributed by atoms with Crippen LogP contribution in [0.4, 0.5) is 0 Å². The van der Waals surface area contributed by atoms with E-state index >= 15 is 0 Å². The van der Waals surface area contributed by atoms with Gasteiger partial charge in [0.15, 0.2) is 0 Å². The molecule has 0 saturated carbocycles. The van der Waals surface area contributed by atoms with E-state index in [0.717, 1.165) is 4.88 Å². The zero-order chi connectivity index (χ0) is 20.1. The summed E-state index contributed by atoms with van der Waals surface area (Å²) < 4.78 is 10.5. The average Bonchev–Trinajstić information content (AvgIpc) is 3.32. The number of hydrogen-bond acceptors (Lipinski definition) is 6. The third-order valence-corrected chi connectivity index (χ3v) is 5.31. The summed E-state index contributed by atoms with van der Waals surface area (Å²) >= 11 is 1.43. The molecule has 28 heavy (non-hydrogen) atoms. The van der Waals surface area contributed by atoms with Gasteiger partial charge in [-0.2, -0.15) is 0 Å². The summed E-state index contributed by atoms with van der Waals surface area (Å²) in [5.41, 5.74) is 0.528. The number of carbonyl (C=O) groups excluding carboxylic acids is 2. The molecule has 1 fully saturated rings. The zero-order valence-corrected chi connectivity index (χ0v) is 16.3. The topological polar surface area (TPSA) is 76.1 Å². The minimum absolute atomic E-state index is 0.0864. The van der Waals surface area contributed by atoms with Crippen molar-refractivity contribution in [2.24, 2.45) is 0 Å². The van der Waals surface area contributed by atoms with Gasteiger partial charge in [0.25, 0.3) is 11.7 Å². The van der Waals surface area contributed by atoms with Crippen LogP contribution in [-0.2, 0) is 14.3 Å². The summed E-state index contributed by atoms with van der Waals surface area (Å²) in [6, 6.07) is 9.76. The Balaban J connectivity index is 2.01. The lowest BCUT2D eigenvalue weighted by atomic mass is 10.00. The molecule has 1 aliphatic rings. The van der Waals surface area contributed by atoms with Gasteiger partial charge in [0.2, 0.25) is 0 Å². The van der Waals surface area contributed by atoms with Crippen molar-refractivity contribution in [2.75, 3.05) is 26.9 Å². The molecule has 1 aromatic carbocycles. The zero-order valence-electron chi connectivity index (χ0n) is 15.5. The number of carbonyl (C=O) groups is 2. The molecule has 6 nitrogen and oxygen atoms in total. The molecule has 0 bridgehead atoms. The molecule has 1 aliphatic heterocycles. The van der Waals surface area contributed by atoms with Gasteiger partial charge in [-0.25, -0.2) is 0 Å². The van der Waals surface area contributed by atoms with Crippen LogP contribution in [0.25, 0.3) is 5.76 Å². The highest BCUT2D eigenvalue weighted by molar-refractivity contribution is 7.10. The summed E-state index contributed by atoms with van der Waals surface area (Å²) in [6.07, 6.45) is 1.64. The minimum Gasteiger partial charge on any atom is -0.507 e. The van der Waals surface area contributed by atoms with E-state index < -0.39 is 17.7 Å². The molecule has 0 aliphatic carbocycles. The summed E-state index contributed by atoms with van der Waals surface area (Å²) in [6.45, 7) is 4.52. The quantitative estimate of drug-likeness (QED) is 0.319. The van der Waals surface area contributed by atoms with Crippen molar-refractivity contribution in [2.45, 2.75) is 6.04 Å². The number of benzene rings is 1. The average molecular weight is 399 g/mol. The number of likely N-dealkylation sites (tertiary alicyclic amines) is 1. The van der Waals surface area contributed by atoms with Gasteiger partial charge in [0.05, 0.1) is 18.2 Å². The van der Waals surface area contributed by atoms with Gasteiger partial charge < -0.3 is 19.5 Å². The van der Waals surface area contributed by atoms with Crippen LogP contribution in [0.1, 0.15) is 16.5 Å². The molecule has 2 heterocycles. The van der Waals surface area contributed by atoms with Crippen LogP contribution >= 0.6 is 11.3 Å². The van der Waals surface area contributed by atoms with Crippen LogP contribution in [0, 0.1) is 0 Å². The normalized spacial score (nSPS) is 18.5. The molecule has 7 heteroatoms. The van der Waals surface area contributed by atoms with E-state index in [1.165, 1.54) is 23.3 Å². The van der Waals surface area contributed by atoms with E-state index in [2.05, 4.69) is 6.58 Å². The Hall–Kier alpha value is -2.90. The van der Waals surface area contributed by atoms with Crippen LogP contribution in [-0.4, -0.2) is 48.6 Å². The Morgan fingerprint density at radius 3 is 2.64 bits per heavy atom. The van der Waals surface area contributed by atoms with Gasteiger partial charge in [-0.1, -0.05) is 18.7 Å². The van der Waals surface area contributed by atoms with Crippen molar-refractivity contribution < 1.29 is 24.2 Å². The molecule has 1 aromatic heterocycles. The minimum atomic E-state index is -0.695. The number of rotatable bonds is 8. The lowest BCUT2D eigenvalue weighted by Crippen LogP contribution is -2.32. The molecule has 1 N–H and O–H groups in total. The van der Waals surface area contributed by atoms with E-state index in [1.807, 2.05) is 17.5 Å². The van der Waals surface area contributed by atoms with E-state index in [4.69, 9.17) is 9.47 Å². The fourth-order valence-electron chi connectivity index (χ4n) is 3.06. The molecule has 1 unspecified atom stereocenters. The Labute approximate surface area is 167 Å². The number of aliphatic hydroxyl groups excluding tert-OH is 1. The van der Waals surface area contributed by atoms with Gasteiger partial charge in [0.1, 0.15) is 18.1 Å². The number of methoxy groups -OCH3 is 1. The maximum atomic E-state index is 12.7. The number of ether oxygens (including phenoxy) is 2. The molecule has 3 rings (SSSR count). The number of thiophene rings is 1. The molecule has 146 valence electrons. The second-order valence-electron chi connectivity index (χ2n) is 6.12. The lowest BCUT2D eigenvalue weighted by molar-refractivity contribution is -0.140. The molecule has 0 radical (unpaired) electrons. The van der Waals surface area contributed by atoms with Crippen LogP contribution in [0.2, 0.25) is 0 Å². The van der Waals surface area contributed by atoms with E-state index in [-0.39, 0.29) is 17.9 Å². The first-order chi connectivity index (χ1) is 13.6. The Kier molecular flexibility index (Phi) is 6.28. The van der Waals surface area contributed by atoms with Gasteiger partial charge in [-0.3, -0.25) is 9.59 Å². The maximum absolute atomic E-state index is 12.7. The number of amides is 1. The number of aliphatic hydroxyl groups is 1. The fourth-order valence-corrected chi connectivity index (χ4v) is 3.91. The first-order valence-electron chi connectivity index (χ1n) is 8.73. The Bertz CT molecular complexity index is 886. The predicted octanol–water partition coefficient (Wildman–Crippen LogP) is 3.38. The SMILES string of the molecule is C=CCOc1ccc(/C(O)=C2/C(=O)C(=O)N(CCOC)C2c2cccs2)cc1. The molecule has 1 amide bonds. The predicted molar refractivity (Wildman–Crippen MR) is 107 cm³/mol. The van der Waals surface area contributed by atoms with Crippen LogP contribution < -0.4 is 4.74 Å². The van der Waals surface area contributed by atoms with Gasteiger partial charge >= 0.3 is 0 Å². The number of nitrogens with zero attached hydrogens (tertiary/aromatic N) is 1. The largest absolute Gasteiger partial charge is 0.507 e. The second-order valence-corrected chi connectivity index (χ2v) is 7.10. The van der Waals surface area contributed by atoms with E-state index in [9.17, 15) is 14.7 Å². The summed E-state index contributed by atoms with van der Waals surface area (Å²) in [5.74, 6) is -0.916. The third-order valence-electron chi connectivity index (χ3n) is 4.38. The first kappa shape index (κ1) is 19.9. The highest BCUT2D eigenvalue weighted by Crippen LogP contribution is 2.40. The number of hydrogen-bond donors (Lipinski definition) is 1. The highest BCUT2D eigenvalue weighted by Gasteiger charge is 2.46. The van der Waals surface area contributed by atoms with Crippen LogP contribution in [0.5, 0.6) is 5.75 Å². The maximum Gasteiger partial charge on any atom is 0.295 e. The summed E-state index contributed by atoms with van der Waals surface area (Å²) in [7, 11) is 1.53.